The number of nitrogens with zero attached hydrogens (tertiary/aromatic N) is 1. The van der Waals surface area contributed by atoms with Crippen molar-refractivity contribution in [3.05, 3.63) is 40.3 Å². The molecule has 2 aromatic rings. The van der Waals surface area contributed by atoms with Crippen molar-refractivity contribution in [1.82, 2.24) is 10.3 Å². The van der Waals surface area contributed by atoms with Gasteiger partial charge in [0, 0.05) is 24.0 Å². The second-order valence-electron chi connectivity index (χ2n) is 4.89. The molecule has 7 nitrogen and oxygen atoms in total. The largest absolute Gasteiger partial charge is 0.484 e. The summed E-state index contributed by atoms with van der Waals surface area (Å²) < 4.78 is 5.35. The van der Waals surface area contributed by atoms with Crippen LogP contribution in [0.1, 0.15) is 22.4 Å². The molecule has 0 radical (unpaired) electrons. The van der Waals surface area contributed by atoms with Crippen LogP contribution in [0.3, 0.4) is 0 Å². The SMILES string of the molecule is CCNC(=O)COc1ccc(NC(=O)c2csc(CCN)n2)cc1. The van der Waals surface area contributed by atoms with Gasteiger partial charge in [-0.05, 0) is 37.7 Å². The summed E-state index contributed by atoms with van der Waals surface area (Å²) in [4.78, 5) is 27.7. The molecule has 0 aliphatic carbocycles. The number of likely N-dealkylation sites (N-methyl/N-ethyl adjacent to an activating group) is 1. The first-order valence-corrected chi connectivity index (χ1v) is 8.45. The number of hydrogen-bond acceptors (Lipinski definition) is 6. The fourth-order valence-electron chi connectivity index (χ4n) is 1.88. The molecular weight excluding hydrogens is 328 g/mol. The highest BCUT2D eigenvalue weighted by atomic mass is 32.1. The van der Waals surface area contributed by atoms with E-state index in [2.05, 4.69) is 15.6 Å². The van der Waals surface area contributed by atoms with Crippen molar-refractivity contribution in [2.45, 2.75) is 13.3 Å². The van der Waals surface area contributed by atoms with Gasteiger partial charge in [-0.1, -0.05) is 0 Å². The molecule has 24 heavy (non-hydrogen) atoms. The number of carbonyl (C=O) groups is 2. The van der Waals surface area contributed by atoms with Crippen molar-refractivity contribution >= 4 is 28.8 Å². The second-order valence-corrected chi connectivity index (χ2v) is 5.83. The van der Waals surface area contributed by atoms with Gasteiger partial charge in [0.05, 0.1) is 5.01 Å². The van der Waals surface area contributed by atoms with Gasteiger partial charge in [0.2, 0.25) is 0 Å². The summed E-state index contributed by atoms with van der Waals surface area (Å²) in [5.41, 5.74) is 6.47. The minimum atomic E-state index is -0.273. The molecule has 4 N–H and O–H groups in total. The predicted molar refractivity (Wildman–Crippen MR) is 93.4 cm³/mol. The number of carbonyl (C=O) groups excluding carboxylic acids is 2. The van der Waals surface area contributed by atoms with Crippen LogP contribution in [0.15, 0.2) is 29.6 Å². The van der Waals surface area contributed by atoms with E-state index in [-0.39, 0.29) is 18.4 Å². The highest BCUT2D eigenvalue weighted by Gasteiger charge is 2.11. The Labute approximate surface area is 144 Å². The molecule has 2 amide bonds. The summed E-state index contributed by atoms with van der Waals surface area (Å²) in [5.74, 6) is 0.107. The summed E-state index contributed by atoms with van der Waals surface area (Å²) in [7, 11) is 0. The molecule has 1 aromatic carbocycles. The fraction of sp³-hybridized carbons (Fsp3) is 0.312. The lowest BCUT2D eigenvalue weighted by atomic mass is 10.3. The highest BCUT2D eigenvalue weighted by Crippen LogP contribution is 2.17. The molecule has 0 fully saturated rings. The van der Waals surface area contributed by atoms with E-state index in [1.807, 2.05) is 6.92 Å². The molecule has 2 rings (SSSR count). The Kier molecular flexibility index (Phi) is 6.71. The number of rotatable bonds is 8. The quantitative estimate of drug-likeness (QED) is 0.669. The van der Waals surface area contributed by atoms with Crippen molar-refractivity contribution in [3.8, 4) is 5.75 Å². The summed E-state index contributed by atoms with van der Waals surface area (Å²) in [6, 6.07) is 6.79. The Morgan fingerprint density at radius 2 is 2.04 bits per heavy atom. The molecule has 0 saturated carbocycles. The number of benzene rings is 1. The third-order valence-corrected chi connectivity index (χ3v) is 3.91. The van der Waals surface area contributed by atoms with Crippen molar-refractivity contribution in [2.24, 2.45) is 5.73 Å². The van der Waals surface area contributed by atoms with Crippen LogP contribution in [0.5, 0.6) is 5.75 Å². The minimum absolute atomic E-state index is 0.0394. The predicted octanol–water partition coefficient (Wildman–Crippen LogP) is 1.41. The molecule has 128 valence electrons. The van der Waals surface area contributed by atoms with Crippen LogP contribution in [0.2, 0.25) is 0 Å². The van der Waals surface area contributed by atoms with E-state index in [0.29, 0.717) is 36.6 Å². The summed E-state index contributed by atoms with van der Waals surface area (Å²) >= 11 is 1.42. The van der Waals surface area contributed by atoms with Crippen molar-refractivity contribution in [1.29, 1.82) is 0 Å². The third-order valence-electron chi connectivity index (χ3n) is 3.00. The molecule has 0 aliphatic rings. The van der Waals surface area contributed by atoms with E-state index in [1.54, 1.807) is 29.6 Å². The second kappa shape index (κ2) is 8.99. The number of amides is 2. The van der Waals surface area contributed by atoms with Gasteiger partial charge >= 0.3 is 0 Å². The summed E-state index contributed by atoms with van der Waals surface area (Å²) in [6.45, 7) is 2.88. The maximum atomic E-state index is 12.1. The first-order chi connectivity index (χ1) is 11.6. The lowest BCUT2D eigenvalue weighted by Crippen LogP contribution is -2.28. The molecule has 0 spiro atoms. The van der Waals surface area contributed by atoms with Crippen LogP contribution < -0.4 is 21.1 Å². The number of hydrogen-bond donors (Lipinski definition) is 3. The van der Waals surface area contributed by atoms with E-state index in [9.17, 15) is 9.59 Å². The molecule has 0 aliphatic heterocycles. The van der Waals surface area contributed by atoms with E-state index in [0.717, 1.165) is 5.01 Å². The van der Waals surface area contributed by atoms with E-state index < -0.39 is 0 Å². The van der Waals surface area contributed by atoms with Crippen LogP contribution >= 0.6 is 11.3 Å². The standard InChI is InChI=1S/C16H20N4O3S/c1-2-18-14(21)9-23-12-5-3-11(4-6-12)19-16(22)13-10-24-15(20-13)7-8-17/h3-6,10H,2,7-9,17H2,1H3,(H,18,21)(H,19,22). The molecule has 0 saturated heterocycles. The number of thiazole rings is 1. The Balaban J connectivity index is 1.88. The van der Waals surface area contributed by atoms with Gasteiger partial charge in [-0.25, -0.2) is 4.98 Å². The summed E-state index contributed by atoms with van der Waals surface area (Å²) in [5, 5.41) is 7.97. The van der Waals surface area contributed by atoms with Crippen LogP contribution in [0, 0.1) is 0 Å². The average molecular weight is 348 g/mol. The van der Waals surface area contributed by atoms with Gasteiger partial charge in [0.15, 0.2) is 6.61 Å². The zero-order valence-electron chi connectivity index (χ0n) is 13.4. The molecule has 0 atom stereocenters. The molecule has 8 heteroatoms. The Hall–Kier alpha value is -2.45. The van der Waals surface area contributed by atoms with Crippen molar-refractivity contribution in [3.63, 3.8) is 0 Å². The monoisotopic (exact) mass is 348 g/mol. The third kappa shape index (κ3) is 5.32. The van der Waals surface area contributed by atoms with E-state index in [1.165, 1.54) is 11.3 Å². The van der Waals surface area contributed by atoms with Gasteiger partial charge in [-0.3, -0.25) is 9.59 Å². The molecular formula is C16H20N4O3S. The zero-order valence-corrected chi connectivity index (χ0v) is 14.2. The van der Waals surface area contributed by atoms with Gasteiger partial charge < -0.3 is 21.1 Å². The number of nitrogens with one attached hydrogen (secondary N) is 2. The average Bonchev–Trinajstić information content (AvgIpc) is 3.04. The number of anilines is 1. The topological polar surface area (TPSA) is 106 Å². The first kappa shape index (κ1) is 17.9. The van der Waals surface area contributed by atoms with Crippen LogP contribution in [-0.4, -0.2) is 36.5 Å². The smallest absolute Gasteiger partial charge is 0.275 e. The number of nitrogens with two attached hydrogens (primary N) is 1. The van der Waals surface area contributed by atoms with Crippen molar-refractivity contribution in [2.75, 3.05) is 25.0 Å². The number of aromatic nitrogens is 1. The first-order valence-electron chi connectivity index (χ1n) is 7.57. The van der Waals surface area contributed by atoms with Gasteiger partial charge in [0.25, 0.3) is 11.8 Å². The lowest BCUT2D eigenvalue weighted by molar-refractivity contribution is -0.122. The normalized spacial score (nSPS) is 10.2. The van der Waals surface area contributed by atoms with E-state index in [4.69, 9.17) is 10.5 Å². The molecule has 0 bridgehead atoms. The lowest BCUT2D eigenvalue weighted by Gasteiger charge is -2.07. The van der Waals surface area contributed by atoms with Crippen LogP contribution in [0.25, 0.3) is 0 Å². The molecule has 0 unspecified atom stereocenters. The van der Waals surface area contributed by atoms with Gasteiger partial charge in [0.1, 0.15) is 11.4 Å². The zero-order chi connectivity index (χ0) is 17.4. The molecule has 1 heterocycles. The van der Waals surface area contributed by atoms with Crippen LogP contribution in [0.4, 0.5) is 5.69 Å². The number of ether oxygens (including phenoxy) is 1. The maximum absolute atomic E-state index is 12.1. The Bertz CT molecular complexity index is 685. The van der Waals surface area contributed by atoms with Crippen LogP contribution in [-0.2, 0) is 11.2 Å². The Morgan fingerprint density at radius 1 is 1.29 bits per heavy atom. The maximum Gasteiger partial charge on any atom is 0.275 e. The highest BCUT2D eigenvalue weighted by molar-refractivity contribution is 7.09. The molecule has 1 aromatic heterocycles. The van der Waals surface area contributed by atoms with E-state index >= 15 is 0 Å². The van der Waals surface area contributed by atoms with Crippen molar-refractivity contribution < 1.29 is 14.3 Å². The minimum Gasteiger partial charge on any atom is -0.484 e. The summed E-state index contributed by atoms with van der Waals surface area (Å²) in [6.07, 6.45) is 0.662. The van der Waals surface area contributed by atoms with Gasteiger partial charge in [-0.15, -0.1) is 11.3 Å². The van der Waals surface area contributed by atoms with Gasteiger partial charge in [-0.2, -0.15) is 0 Å². The fourth-order valence-corrected chi connectivity index (χ4v) is 2.67. The Morgan fingerprint density at radius 3 is 2.71 bits per heavy atom.